The van der Waals surface area contributed by atoms with Gasteiger partial charge in [-0.15, -0.1) is 0 Å². The molecule has 0 spiro atoms. The molecule has 0 radical (unpaired) electrons. The van der Waals surface area contributed by atoms with Crippen molar-refractivity contribution in [2.24, 2.45) is 5.41 Å². The third kappa shape index (κ3) is 4.91. The summed E-state index contributed by atoms with van der Waals surface area (Å²) in [7, 11) is -0.718. The van der Waals surface area contributed by atoms with E-state index in [1.54, 1.807) is 0 Å². The Morgan fingerprint density at radius 3 is 2.62 bits per heavy atom. The van der Waals surface area contributed by atoms with Crippen LogP contribution in [0.15, 0.2) is 0 Å². The molecule has 2 rings (SSSR count). The van der Waals surface area contributed by atoms with Crippen molar-refractivity contribution in [3.8, 4) is 0 Å². The van der Waals surface area contributed by atoms with Crippen LogP contribution in [0.1, 0.15) is 32.6 Å². The third-order valence-electron chi connectivity index (χ3n) is 4.90. The summed E-state index contributed by atoms with van der Waals surface area (Å²) in [5, 5.41) is 3.56. The molecule has 6 heteroatoms. The molecule has 1 unspecified atom stereocenters. The molecule has 0 aromatic rings. The Bertz CT molecular complexity index is 419. The zero-order valence-corrected chi connectivity index (χ0v) is 14.3. The normalized spacial score (nSPS) is 28.0. The summed E-state index contributed by atoms with van der Waals surface area (Å²) in [5.74, 6) is 0.685. The molecule has 2 fully saturated rings. The molecule has 0 aromatic carbocycles. The lowest BCUT2D eigenvalue weighted by Gasteiger charge is -2.41. The van der Waals surface area contributed by atoms with Crippen molar-refractivity contribution in [3.63, 3.8) is 0 Å². The average molecular weight is 318 g/mol. The minimum absolute atomic E-state index is 0.195. The van der Waals surface area contributed by atoms with E-state index in [0.29, 0.717) is 11.5 Å². The van der Waals surface area contributed by atoms with Crippen LogP contribution in [-0.4, -0.2) is 70.8 Å². The van der Waals surface area contributed by atoms with Crippen LogP contribution in [0.2, 0.25) is 0 Å². The van der Waals surface area contributed by atoms with Gasteiger partial charge in [0.15, 0.2) is 9.84 Å². The van der Waals surface area contributed by atoms with Crippen LogP contribution < -0.4 is 5.32 Å². The molecule has 2 heterocycles. The van der Waals surface area contributed by atoms with Crippen LogP contribution >= 0.6 is 0 Å². The smallest absolute Gasteiger partial charge is 0.151 e. The van der Waals surface area contributed by atoms with Gasteiger partial charge in [0, 0.05) is 32.3 Å². The van der Waals surface area contributed by atoms with Gasteiger partial charge in [0.1, 0.15) is 0 Å². The molecule has 0 bridgehead atoms. The van der Waals surface area contributed by atoms with Crippen molar-refractivity contribution in [2.75, 3.05) is 51.4 Å². The topological polar surface area (TPSA) is 58.6 Å². The van der Waals surface area contributed by atoms with E-state index in [0.717, 1.165) is 58.5 Å². The predicted octanol–water partition coefficient (Wildman–Crippen LogP) is 0.902. The Kier molecular flexibility index (Phi) is 6.05. The van der Waals surface area contributed by atoms with Gasteiger partial charge in [-0.1, -0.05) is 6.92 Å². The Hall–Kier alpha value is -0.170. The molecular formula is C15H30N2O3S. The Balaban J connectivity index is 1.94. The zero-order valence-electron chi connectivity index (χ0n) is 13.4. The van der Waals surface area contributed by atoms with Crippen LogP contribution in [-0.2, 0) is 14.6 Å². The van der Waals surface area contributed by atoms with E-state index in [1.807, 2.05) is 0 Å². The van der Waals surface area contributed by atoms with Crippen molar-refractivity contribution in [3.05, 3.63) is 0 Å². The molecule has 0 saturated carbocycles. The van der Waals surface area contributed by atoms with Crippen LogP contribution in [0.5, 0.6) is 0 Å². The van der Waals surface area contributed by atoms with E-state index in [-0.39, 0.29) is 11.5 Å². The molecule has 1 atom stereocenters. The molecule has 1 N–H and O–H groups in total. The lowest BCUT2D eigenvalue weighted by Crippen LogP contribution is -2.49. The Morgan fingerprint density at radius 1 is 1.33 bits per heavy atom. The van der Waals surface area contributed by atoms with Crippen LogP contribution in [0, 0.1) is 5.41 Å². The van der Waals surface area contributed by atoms with Crippen molar-refractivity contribution in [1.29, 1.82) is 0 Å². The molecule has 2 saturated heterocycles. The standard InChI is InChI=1S/C15H30N2O3S/c1-3-7-16-12-15(5-8-20-9-6-15)13-17(2)14-4-10-21(18,19)11-14/h14,16H,3-13H2,1-2H3. The van der Waals surface area contributed by atoms with Gasteiger partial charge in [-0.2, -0.15) is 0 Å². The lowest BCUT2D eigenvalue weighted by atomic mass is 9.79. The monoisotopic (exact) mass is 318 g/mol. The van der Waals surface area contributed by atoms with Crippen molar-refractivity contribution in [2.45, 2.75) is 38.6 Å². The van der Waals surface area contributed by atoms with Crippen LogP contribution in [0.4, 0.5) is 0 Å². The largest absolute Gasteiger partial charge is 0.381 e. The SMILES string of the molecule is CCCNCC1(CN(C)C2CCS(=O)(=O)C2)CCOCC1. The average Bonchev–Trinajstić information content (AvgIpc) is 2.81. The number of sulfone groups is 1. The van der Waals surface area contributed by atoms with Crippen molar-refractivity contribution >= 4 is 9.84 Å². The van der Waals surface area contributed by atoms with Gasteiger partial charge >= 0.3 is 0 Å². The third-order valence-corrected chi connectivity index (χ3v) is 6.65. The summed E-state index contributed by atoms with van der Waals surface area (Å²) in [6.45, 7) is 6.85. The summed E-state index contributed by atoms with van der Waals surface area (Å²) in [5.41, 5.74) is 0.231. The first-order chi connectivity index (χ1) is 9.96. The highest BCUT2D eigenvalue weighted by atomic mass is 32.2. The summed E-state index contributed by atoms with van der Waals surface area (Å²) in [6, 6.07) is 0.195. The van der Waals surface area contributed by atoms with Crippen molar-refractivity contribution in [1.82, 2.24) is 10.2 Å². The first kappa shape index (κ1) is 17.2. The number of hydrogen-bond acceptors (Lipinski definition) is 5. The summed E-state index contributed by atoms with van der Waals surface area (Å²) in [6.07, 6.45) is 4.05. The fraction of sp³-hybridized carbons (Fsp3) is 1.00. The maximum absolute atomic E-state index is 11.7. The molecular weight excluding hydrogens is 288 g/mol. The fourth-order valence-electron chi connectivity index (χ4n) is 3.51. The zero-order chi connectivity index (χ0) is 15.3. The summed E-state index contributed by atoms with van der Waals surface area (Å²) >= 11 is 0. The van der Waals surface area contributed by atoms with Gasteiger partial charge < -0.3 is 15.0 Å². The van der Waals surface area contributed by atoms with Gasteiger partial charge in [0.25, 0.3) is 0 Å². The molecule has 2 aliphatic rings. The quantitative estimate of drug-likeness (QED) is 0.707. The minimum Gasteiger partial charge on any atom is -0.381 e. The first-order valence-corrected chi connectivity index (χ1v) is 9.98. The molecule has 124 valence electrons. The van der Waals surface area contributed by atoms with E-state index >= 15 is 0 Å². The molecule has 5 nitrogen and oxygen atoms in total. The number of ether oxygens (including phenoxy) is 1. The highest BCUT2D eigenvalue weighted by Gasteiger charge is 2.37. The van der Waals surface area contributed by atoms with E-state index in [4.69, 9.17) is 4.74 Å². The highest BCUT2D eigenvalue weighted by Crippen LogP contribution is 2.32. The number of nitrogens with zero attached hydrogens (tertiary/aromatic N) is 1. The van der Waals surface area contributed by atoms with Gasteiger partial charge in [0.05, 0.1) is 11.5 Å². The molecule has 0 aliphatic carbocycles. The fourth-order valence-corrected chi connectivity index (χ4v) is 5.31. The summed E-state index contributed by atoms with van der Waals surface area (Å²) in [4.78, 5) is 2.28. The molecule has 2 aliphatic heterocycles. The maximum atomic E-state index is 11.7. The first-order valence-electron chi connectivity index (χ1n) is 8.15. The number of hydrogen-bond donors (Lipinski definition) is 1. The Labute approximate surface area is 129 Å². The predicted molar refractivity (Wildman–Crippen MR) is 85.3 cm³/mol. The van der Waals surface area contributed by atoms with Crippen molar-refractivity contribution < 1.29 is 13.2 Å². The second-order valence-corrected chi connectivity index (χ2v) is 8.99. The van der Waals surface area contributed by atoms with E-state index in [1.165, 1.54) is 0 Å². The second kappa shape index (κ2) is 7.40. The highest BCUT2D eigenvalue weighted by molar-refractivity contribution is 7.91. The molecule has 0 amide bonds. The van der Waals surface area contributed by atoms with Gasteiger partial charge in [-0.3, -0.25) is 0 Å². The summed E-state index contributed by atoms with van der Waals surface area (Å²) < 4.78 is 28.9. The number of rotatable bonds is 7. The van der Waals surface area contributed by atoms with E-state index in [9.17, 15) is 8.42 Å². The van der Waals surface area contributed by atoms with Gasteiger partial charge in [0.2, 0.25) is 0 Å². The van der Waals surface area contributed by atoms with Gasteiger partial charge in [-0.05, 0) is 44.7 Å². The second-order valence-electron chi connectivity index (χ2n) is 6.76. The van der Waals surface area contributed by atoms with Gasteiger partial charge in [-0.25, -0.2) is 8.42 Å². The minimum atomic E-state index is -2.80. The maximum Gasteiger partial charge on any atom is 0.151 e. The van der Waals surface area contributed by atoms with E-state index < -0.39 is 9.84 Å². The lowest BCUT2D eigenvalue weighted by molar-refractivity contribution is -0.00511. The molecule has 0 aromatic heterocycles. The number of nitrogens with one attached hydrogen (secondary N) is 1. The van der Waals surface area contributed by atoms with E-state index in [2.05, 4.69) is 24.2 Å². The van der Waals surface area contributed by atoms with Crippen LogP contribution in [0.25, 0.3) is 0 Å². The molecule has 21 heavy (non-hydrogen) atoms. The Morgan fingerprint density at radius 2 is 2.05 bits per heavy atom. The van der Waals surface area contributed by atoms with Crippen LogP contribution in [0.3, 0.4) is 0 Å².